The van der Waals surface area contributed by atoms with Gasteiger partial charge in [-0.05, 0) is 12.1 Å². The van der Waals surface area contributed by atoms with E-state index in [2.05, 4.69) is 4.42 Å². The van der Waals surface area contributed by atoms with Crippen LogP contribution < -0.4 is 0 Å². The van der Waals surface area contributed by atoms with E-state index < -0.39 is 0 Å². The van der Waals surface area contributed by atoms with Crippen molar-refractivity contribution in [3.8, 4) is 0 Å². The molecule has 0 unspecified atom stereocenters. The lowest BCUT2D eigenvalue weighted by atomic mass is 10.7. The molecule has 0 fully saturated rings. The summed E-state index contributed by atoms with van der Waals surface area (Å²) in [5, 5.41) is 12.0. The quantitative estimate of drug-likeness (QED) is 0.383. The molecule has 1 heterocycles. The summed E-state index contributed by atoms with van der Waals surface area (Å²) >= 11 is 0. The van der Waals surface area contributed by atoms with Crippen molar-refractivity contribution in [2.24, 2.45) is 0 Å². The van der Waals surface area contributed by atoms with E-state index in [0.717, 1.165) is 0 Å². The van der Waals surface area contributed by atoms with E-state index in [-0.39, 0.29) is 0 Å². The Morgan fingerprint density at radius 1 is 1.00 bits per heavy atom. The van der Waals surface area contributed by atoms with Crippen LogP contribution in [0.15, 0.2) is 29.1 Å². The van der Waals surface area contributed by atoms with Gasteiger partial charge in [0.05, 0.1) is 12.5 Å². The van der Waals surface area contributed by atoms with Gasteiger partial charge in [0.2, 0.25) is 0 Å². The molecule has 0 radical (unpaired) electrons. The van der Waals surface area contributed by atoms with Gasteiger partial charge in [0.1, 0.15) is 0 Å². The predicted molar refractivity (Wildman–Crippen MR) is 24.0 cm³/mol. The Morgan fingerprint density at radius 2 is 1.43 bits per heavy atom. The van der Waals surface area contributed by atoms with E-state index in [9.17, 15) is 0 Å². The zero-order valence-corrected chi connectivity index (χ0v) is 3.61. The molecule has 0 saturated carbocycles. The zero-order chi connectivity index (χ0) is 5.54. The summed E-state index contributed by atoms with van der Waals surface area (Å²) in [4.78, 5) is 0. The van der Waals surface area contributed by atoms with Gasteiger partial charge in [0, 0.05) is 0 Å². The van der Waals surface area contributed by atoms with Gasteiger partial charge >= 0.3 is 0 Å². The molecule has 2 N–H and O–H groups in total. The maximum absolute atomic E-state index is 6.00. The average Bonchev–Trinajstić information content (AvgIpc) is 2.23. The zero-order valence-electron chi connectivity index (χ0n) is 3.61. The minimum absolute atomic E-state index is 1.62. The van der Waals surface area contributed by atoms with Gasteiger partial charge in [-0.2, -0.15) is 0 Å². The van der Waals surface area contributed by atoms with Crippen LogP contribution in [0.25, 0.3) is 0 Å². The van der Waals surface area contributed by atoms with E-state index in [4.69, 9.17) is 10.5 Å². The largest absolute Gasteiger partial charge is 0.473 e. The highest BCUT2D eigenvalue weighted by Crippen LogP contribution is 1.79. The molecule has 3 nitrogen and oxygen atoms in total. The number of hydrogen-bond acceptors (Lipinski definition) is 3. The minimum Gasteiger partial charge on any atom is -0.473 e. The Balaban J connectivity index is 0.000000162. The van der Waals surface area contributed by atoms with Crippen molar-refractivity contribution in [1.82, 2.24) is 0 Å². The maximum atomic E-state index is 6.00. The minimum atomic E-state index is 1.62. The highest BCUT2D eigenvalue weighted by Gasteiger charge is 1.58. The van der Waals surface area contributed by atoms with E-state index in [1.807, 2.05) is 12.1 Å². The monoisotopic (exact) mass is 102 g/mol. The summed E-state index contributed by atoms with van der Waals surface area (Å²) in [7, 11) is 0. The van der Waals surface area contributed by atoms with Gasteiger partial charge in [-0.15, -0.1) is 0 Å². The van der Waals surface area contributed by atoms with Crippen LogP contribution in [0.5, 0.6) is 0 Å². The molecule has 0 aliphatic carbocycles. The van der Waals surface area contributed by atoms with Gasteiger partial charge < -0.3 is 4.42 Å². The molecule has 0 bridgehead atoms. The van der Waals surface area contributed by atoms with Crippen LogP contribution >= 0.6 is 0 Å². The van der Waals surface area contributed by atoms with Gasteiger partial charge in [0.25, 0.3) is 0 Å². The topological polar surface area (TPSA) is 53.6 Å². The highest BCUT2D eigenvalue weighted by molar-refractivity contribution is 4.79. The van der Waals surface area contributed by atoms with Crippen molar-refractivity contribution in [2.45, 2.75) is 0 Å². The van der Waals surface area contributed by atoms with Gasteiger partial charge in [0.15, 0.2) is 0 Å². The predicted octanol–water partition coefficient (Wildman–Crippen LogP) is 1.30. The van der Waals surface area contributed by atoms with Crippen molar-refractivity contribution >= 4 is 0 Å². The first-order valence-corrected chi connectivity index (χ1v) is 1.67. The van der Waals surface area contributed by atoms with Gasteiger partial charge in [-0.3, -0.25) is 10.5 Å². The van der Waals surface area contributed by atoms with Crippen molar-refractivity contribution < 1.29 is 14.9 Å². The molecule has 0 spiro atoms. The molecular weight excluding hydrogens is 96.0 g/mol. The van der Waals surface area contributed by atoms with Crippen molar-refractivity contribution in [1.29, 1.82) is 0 Å². The van der Waals surface area contributed by atoms with E-state index in [0.29, 0.717) is 0 Å². The Hall–Kier alpha value is -0.800. The van der Waals surface area contributed by atoms with Crippen LogP contribution in [-0.4, -0.2) is 10.5 Å². The van der Waals surface area contributed by atoms with Crippen molar-refractivity contribution in [3.63, 3.8) is 0 Å². The Bertz CT molecular complexity index is 63.4. The molecule has 0 amide bonds. The van der Waals surface area contributed by atoms with Gasteiger partial charge in [-0.25, -0.2) is 0 Å². The summed E-state index contributed by atoms with van der Waals surface area (Å²) in [5.74, 6) is 0. The molecule has 40 valence electrons. The van der Waals surface area contributed by atoms with Crippen LogP contribution in [0, 0.1) is 0 Å². The second kappa shape index (κ2) is 5.20. The fourth-order valence-electron chi connectivity index (χ4n) is 0.227. The Kier molecular flexibility index (Phi) is 4.61. The number of furan rings is 1. The van der Waals surface area contributed by atoms with Gasteiger partial charge in [-0.1, -0.05) is 0 Å². The standard InChI is InChI=1S/C4H4O.H2O2/c1-2-4-5-3-1;1-2/h1-4H;1-2H. The summed E-state index contributed by atoms with van der Waals surface area (Å²) in [5.41, 5.74) is 0. The molecule has 1 rings (SSSR count). The summed E-state index contributed by atoms with van der Waals surface area (Å²) in [6.45, 7) is 0. The molecule has 0 aliphatic heterocycles. The van der Waals surface area contributed by atoms with E-state index in [1.165, 1.54) is 0 Å². The van der Waals surface area contributed by atoms with Crippen LogP contribution in [0.4, 0.5) is 0 Å². The molecule has 0 saturated heterocycles. The first-order chi connectivity index (χ1) is 3.50. The lowest BCUT2D eigenvalue weighted by Gasteiger charge is -1.50. The Labute approximate surface area is 40.7 Å². The second-order valence-electron chi connectivity index (χ2n) is 0.793. The number of rotatable bonds is 0. The molecule has 1 aromatic rings. The summed E-state index contributed by atoms with van der Waals surface area (Å²) in [6, 6.07) is 3.67. The Morgan fingerprint density at radius 3 is 1.57 bits per heavy atom. The molecule has 0 aliphatic rings. The third-order valence-electron chi connectivity index (χ3n) is 0.425. The van der Waals surface area contributed by atoms with Crippen LogP contribution in [0.2, 0.25) is 0 Å². The second-order valence-corrected chi connectivity index (χ2v) is 0.793. The lowest BCUT2D eigenvalue weighted by Crippen LogP contribution is -1.29. The first kappa shape index (κ1) is 6.20. The normalized spacial score (nSPS) is 6.57. The first-order valence-electron chi connectivity index (χ1n) is 1.67. The molecule has 0 atom stereocenters. The van der Waals surface area contributed by atoms with E-state index in [1.54, 1.807) is 12.5 Å². The molecule has 3 heteroatoms. The maximum Gasteiger partial charge on any atom is 0.0902 e. The molecule has 7 heavy (non-hydrogen) atoms. The smallest absolute Gasteiger partial charge is 0.0902 e. The lowest BCUT2D eigenvalue weighted by molar-refractivity contribution is -0.176. The number of hydrogen-bond donors (Lipinski definition) is 2. The van der Waals surface area contributed by atoms with Crippen LogP contribution in [0.3, 0.4) is 0 Å². The van der Waals surface area contributed by atoms with Crippen molar-refractivity contribution in [3.05, 3.63) is 24.7 Å². The molecular formula is C4H6O3. The summed E-state index contributed by atoms with van der Waals surface area (Å²) < 4.78 is 4.58. The van der Waals surface area contributed by atoms with Crippen molar-refractivity contribution in [2.75, 3.05) is 0 Å². The fraction of sp³-hybridized carbons (Fsp3) is 0. The average molecular weight is 102 g/mol. The van der Waals surface area contributed by atoms with Crippen LogP contribution in [-0.2, 0) is 0 Å². The third kappa shape index (κ3) is 3.02. The fourth-order valence-corrected chi connectivity index (χ4v) is 0.227. The molecule has 1 aromatic heterocycles. The van der Waals surface area contributed by atoms with Crippen LogP contribution in [0.1, 0.15) is 0 Å². The third-order valence-corrected chi connectivity index (χ3v) is 0.425. The highest BCUT2D eigenvalue weighted by atomic mass is 17.0. The summed E-state index contributed by atoms with van der Waals surface area (Å²) in [6.07, 6.45) is 3.25. The van der Waals surface area contributed by atoms with E-state index >= 15 is 0 Å². The molecule has 0 aromatic carbocycles. The SMILES string of the molecule is OO.c1ccoc1.